The van der Waals surface area contributed by atoms with Gasteiger partial charge in [-0.15, -0.1) is 0 Å². The lowest BCUT2D eigenvalue weighted by Crippen LogP contribution is -2.48. The summed E-state index contributed by atoms with van der Waals surface area (Å²) in [5.41, 5.74) is 0.737. The zero-order valence-electron chi connectivity index (χ0n) is 19.4. The number of aliphatic hydroxyl groups is 2. The Kier molecular flexibility index (Phi) is 8.70. The number of benzene rings is 1. The standard InChI is InChI=1S/C23H26FN5O7/c1-13-11-28(20-9-17(31)18(12-30)36-20)23(35)29(22(13)34)27-19(32)4-2-3-7-26-21(33)14-5-6-16(24)15(8-14)10-25/h5-6,8,11,17-18,20,30-31H,2-4,7,9,12H2,1H3,(H,26,33)(H,27,32)/t17-,18+,20+/m0/s1/i24-1. The zero-order chi connectivity index (χ0) is 26.4. The van der Waals surface area contributed by atoms with Gasteiger partial charge in [-0.25, -0.2) is 9.18 Å². The van der Waals surface area contributed by atoms with Crippen molar-refractivity contribution in [3.05, 3.63) is 67.7 Å². The SMILES string of the molecule is Cc1cn([C@H]2C[C@H](O)[C@@H](CO)O2)c(=O)n(NC(=O)CCCCNC(=O)c2ccc([18F])c(C#N)c2)c1=O. The third-order valence-corrected chi connectivity index (χ3v) is 5.68. The molecule has 1 saturated heterocycles. The highest BCUT2D eigenvalue weighted by Crippen LogP contribution is 2.27. The summed E-state index contributed by atoms with van der Waals surface area (Å²) in [5.74, 6) is -1.82. The van der Waals surface area contributed by atoms with E-state index in [-0.39, 0.29) is 36.1 Å². The molecule has 0 spiro atoms. The summed E-state index contributed by atoms with van der Waals surface area (Å²) in [6.45, 7) is 1.22. The molecule has 3 atom stereocenters. The normalized spacial score (nSPS) is 19.0. The van der Waals surface area contributed by atoms with Crippen molar-refractivity contribution >= 4 is 11.8 Å². The summed E-state index contributed by atoms with van der Waals surface area (Å²) < 4.78 is 20.5. The number of hydrogen-bond donors (Lipinski definition) is 4. The average Bonchev–Trinajstić information content (AvgIpc) is 3.24. The van der Waals surface area contributed by atoms with Gasteiger partial charge < -0.3 is 20.3 Å². The molecule has 1 aliphatic rings. The van der Waals surface area contributed by atoms with Gasteiger partial charge in [-0.05, 0) is 38.0 Å². The van der Waals surface area contributed by atoms with Crippen molar-refractivity contribution in [3.63, 3.8) is 0 Å². The fourth-order valence-electron chi connectivity index (χ4n) is 3.70. The van der Waals surface area contributed by atoms with E-state index < -0.39 is 53.9 Å². The average molecular weight is 502 g/mol. The molecule has 1 aromatic carbocycles. The minimum absolute atomic E-state index is 0.0260. The summed E-state index contributed by atoms with van der Waals surface area (Å²) in [4.78, 5) is 49.7. The highest BCUT2D eigenvalue weighted by atomic mass is 18.2. The van der Waals surface area contributed by atoms with Crippen LogP contribution in [0, 0.1) is 24.1 Å². The Bertz CT molecular complexity index is 1300. The van der Waals surface area contributed by atoms with Gasteiger partial charge in [0.2, 0.25) is 5.91 Å². The molecule has 0 unspecified atom stereocenters. The molecule has 2 amide bonds. The topological polar surface area (TPSA) is 176 Å². The van der Waals surface area contributed by atoms with Crippen LogP contribution in [-0.4, -0.2) is 56.6 Å². The van der Waals surface area contributed by atoms with Gasteiger partial charge >= 0.3 is 5.69 Å². The van der Waals surface area contributed by atoms with Crippen molar-refractivity contribution in [2.24, 2.45) is 0 Å². The van der Waals surface area contributed by atoms with E-state index in [2.05, 4.69) is 10.7 Å². The van der Waals surface area contributed by atoms with E-state index in [0.717, 1.165) is 16.7 Å². The van der Waals surface area contributed by atoms with Gasteiger partial charge in [0.1, 0.15) is 24.2 Å². The number of amides is 2. The molecule has 36 heavy (non-hydrogen) atoms. The van der Waals surface area contributed by atoms with Gasteiger partial charge in [0.15, 0.2) is 0 Å². The van der Waals surface area contributed by atoms with Crippen LogP contribution in [0.2, 0.25) is 0 Å². The van der Waals surface area contributed by atoms with Crippen LogP contribution in [0.3, 0.4) is 0 Å². The number of ether oxygens (including phenoxy) is 1. The predicted octanol–water partition coefficient (Wildman–Crippen LogP) is -0.360. The molecule has 0 radical (unpaired) electrons. The predicted molar refractivity (Wildman–Crippen MR) is 123 cm³/mol. The molecule has 0 aliphatic carbocycles. The second kappa shape index (κ2) is 11.7. The second-order valence-corrected chi connectivity index (χ2v) is 8.31. The fraction of sp³-hybridized carbons (Fsp3) is 0.435. The van der Waals surface area contributed by atoms with E-state index in [1.807, 2.05) is 0 Å². The number of nitrogens with one attached hydrogen (secondary N) is 2. The maximum atomic E-state index is 13.4. The van der Waals surface area contributed by atoms with Crippen LogP contribution >= 0.6 is 0 Å². The summed E-state index contributed by atoms with van der Waals surface area (Å²) in [6, 6.07) is 5.09. The Labute approximate surface area is 204 Å². The van der Waals surface area contributed by atoms with Gasteiger partial charge in [0, 0.05) is 36.7 Å². The number of hydrogen-bond acceptors (Lipinski definition) is 8. The number of nitriles is 1. The van der Waals surface area contributed by atoms with E-state index >= 15 is 0 Å². The highest BCUT2D eigenvalue weighted by molar-refractivity contribution is 5.94. The smallest absolute Gasteiger partial charge is 0.352 e. The molecule has 2 aromatic rings. The quantitative estimate of drug-likeness (QED) is 0.336. The summed E-state index contributed by atoms with van der Waals surface area (Å²) in [6.07, 6.45) is -0.796. The van der Waals surface area contributed by atoms with Gasteiger partial charge in [0.25, 0.3) is 11.5 Å². The van der Waals surface area contributed by atoms with Crippen LogP contribution in [0.1, 0.15) is 53.4 Å². The molecule has 1 aliphatic heterocycles. The number of aliphatic hydroxyl groups excluding tert-OH is 2. The Morgan fingerprint density at radius 3 is 2.72 bits per heavy atom. The largest absolute Gasteiger partial charge is 0.394 e. The number of rotatable bonds is 9. The zero-order valence-corrected chi connectivity index (χ0v) is 19.4. The summed E-state index contributed by atoms with van der Waals surface area (Å²) >= 11 is 0. The first-order chi connectivity index (χ1) is 17.2. The molecule has 12 nitrogen and oxygen atoms in total. The number of nitrogens with zero attached hydrogens (tertiary/aromatic N) is 3. The molecule has 3 rings (SSSR count). The summed E-state index contributed by atoms with van der Waals surface area (Å²) in [5, 5.41) is 30.6. The third-order valence-electron chi connectivity index (χ3n) is 5.68. The Balaban J connectivity index is 1.54. The Hall–Kier alpha value is -3.86. The fourth-order valence-corrected chi connectivity index (χ4v) is 3.70. The highest BCUT2D eigenvalue weighted by Gasteiger charge is 2.35. The van der Waals surface area contributed by atoms with Gasteiger partial charge in [0.05, 0.1) is 18.3 Å². The van der Waals surface area contributed by atoms with Crippen LogP contribution in [-0.2, 0) is 9.53 Å². The molecular formula is C23H26FN5O7. The minimum atomic E-state index is -0.987. The number of halogens is 1. The molecule has 2 heterocycles. The van der Waals surface area contributed by atoms with E-state index in [0.29, 0.717) is 17.5 Å². The second-order valence-electron chi connectivity index (χ2n) is 8.31. The van der Waals surface area contributed by atoms with Crippen LogP contribution in [0.15, 0.2) is 34.0 Å². The molecule has 13 heteroatoms. The van der Waals surface area contributed by atoms with Gasteiger partial charge in [-0.1, -0.05) is 0 Å². The number of unbranched alkanes of at least 4 members (excludes halogenated alkanes) is 1. The van der Waals surface area contributed by atoms with E-state index in [1.165, 1.54) is 19.2 Å². The monoisotopic (exact) mass is 502 g/mol. The maximum Gasteiger partial charge on any atom is 0.352 e. The lowest BCUT2D eigenvalue weighted by molar-refractivity contribution is -0.117. The van der Waals surface area contributed by atoms with Crippen molar-refractivity contribution in [2.45, 2.75) is 51.0 Å². The van der Waals surface area contributed by atoms with Crippen molar-refractivity contribution in [1.29, 1.82) is 5.26 Å². The van der Waals surface area contributed by atoms with Crippen LogP contribution in [0.4, 0.5) is 4.39 Å². The number of carbonyl (C=O) groups is 2. The first-order valence-electron chi connectivity index (χ1n) is 11.2. The van der Waals surface area contributed by atoms with Crippen molar-refractivity contribution < 1.29 is 28.9 Å². The number of aromatic nitrogens is 2. The minimum Gasteiger partial charge on any atom is -0.394 e. The number of aryl methyl sites for hydroxylation is 1. The van der Waals surface area contributed by atoms with E-state index in [9.17, 15) is 33.8 Å². The summed E-state index contributed by atoms with van der Waals surface area (Å²) in [7, 11) is 0. The molecule has 192 valence electrons. The van der Waals surface area contributed by atoms with Gasteiger partial charge in [-0.2, -0.15) is 9.94 Å². The maximum absolute atomic E-state index is 13.4. The van der Waals surface area contributed by atoms with E-state index in [4.69, 9.17) is 10.00 Å². The molecule has 0 saturated carbocycles. The van der Waals surface area contributed by atoms with Gasteiger partial charge in [-0.3, -0.25) is 24.4 Å². The molecule has 1 fully saturated rings. The van der Waals surface area contributed by atoms with Crippen molar-refractivity contribution in [3.8, 4) is 6.07 Å². The Morgan fingerprint density at radius 1 is 1.31 bits per heavy atom. The molecule has 4 N–H and O–H groups in total. The lowest BCUT2D eigenvalue weighted by Gasteiger charge is -2.17. The first kappa shape index (κ1) is 26.7. The number of carbonyl (C=O) groups excluding carboxylic acids is 2. The van der Waals surface area contributed by atoms with Crippen LogP contribution < -0.4 is 22.0 Å². The molecule has 1 aromatic heterocycles. The first-order valence-corrected chi connectivity index (χ1v) is 11.2. The Morgan fingerprint density at radius 2 is 2.06 bits per heavy atom. The molecule has 0 bridgehead atoms. The van der Waals surface area contributed by atoms with Crippen LogP contribution in [0.25, 0.3) is 0 Å². The van der Waals surface area contributed by atoms with Crippen molar-refractivity contribution in [2.75, 3.05) is 18.6 Å². The third kappa shape index (κ3) is 6.03. The molecular weight excluding hydrogens is 476 g/mol. The van der Waals surface area contributed by atoms with E-state index in [1.54, 1.807) is 6.07 Å². The lowest BCUT2D eigenvalue weighted by atomic mass is 10.1. The van der Waals surface area contributed by atoms with Crippen molar-refractivity contribution in [1.82, 2.24) is 14.6 Å². The van der Waals surface area contributed by atoms with Crippen LogP contribution in [0.5, 0.6) is 0 Å².